The lowest BCUT2D eigenvalue weighted by Crippen LogP contribution is -2.32. The number of aromatic nitrogens is 3. The lowest BCUT2D eigenvalue weighted by Gasteiger charge is -2.25. The third kappa shape index (κ3) is 5.22. The fourth-order valence-corrected chi connectivity index (χ4v) is 4.36. The summed E-state index contributed by atoms with van der Waals surface area (Å²) in [6.07, 6.45) is -0.733. The predicted molar refractivity (Wildman–Crippen MR) is 123 cm³/mol. The van der Waals surface area contributed by atoms with Gasteiger partial charge in [-0.25, -0.2) is 13.4 Å². The molecule has 0 aliphatic heterocycles. The van der Waals surface area contributed by atoms with E-state index < -0.39 is 27.5 Å². The van der Waals surface area contributed by atoms with Crippen LogP contribution in [0.25, 0.3) is 11.0 Å². The van der Waals surface area contributed by atoms with Gasteiger partial charge in [0.15, 0.2) is 9.84 Å². The molecule has 1 amide bonds. The number of carbonyl (C=O) groups is 1. The fourth-order valence-electron chi connectivity index (χ4n) is 3.48. The number of carbonyl (C=O) groups excluding carboxylic acids is 1. The van der Waals surface area contributed by atoms with Crippen LogP contribution in [0.1, 0.15) is 21.5 Å². The zero-order chi connectivity index (χ0) is 25.4. The number of para-hydroxylation sites is 1. The Morgan fingerprint density at radius 2 is 1.77 bits per heavy atom. The molecule has 2 aromatic heterocycles. The predicted octanol–water partition coefficient (Wildman–Crippen LogP) is 3.88. The summed E-state index contributed by atoms with van der Waals surface area (Å²) in [5.41, 5.74) is 5.76. The van der Waals surface area contributed by atoms with Gasteiger partial charge in [0.25, 0.3) is 5.91 Å². The highest BCUT2D eigenvalue weighted by Crippen LogP contribution is 2.31. The van der Waals surface area contributed by atoms with Gasteiger partial charge in [0.1, 0.15) is 5.82 Å². The number of nitrogens with zero attached hydrogens (tertiary/aromatic N) is 4. The summed E-state index contributed by atoms with van der Waals surface area (Å²) >= 11 is 0. The Kier molecular flexibility index (Phi) is 6.15. The maximum atomic E-state index is 13.5. The number of alkyl halides is 3. The Labute approximate surface area is 198 Å². The summed E-state index contributed by atoms with van der Waals surface area (Å²) in [5.74, 6) is -0.682. The van der Waals surface area contributed by atoms with Crippen molar-refractivity contribution in [2.24, 2.45) is 0 Å². The first kappa shape index (κ1) is 24.1. The number of nitrogen functional groups attached to an aromatic ring is 1. The van der Waals surface area contributed by atoms with Crippen molar-refractivity contribution in [1.82, 2.24) is 15.0 Å². The number of hydrogen-bond donors (Lipinski definition) is 1. The largest absolute Gasteiger partial charge is 0.417 e. The van der Waals surface area contributed by atoms with E-state index in [0.717, 1.165) is 17.4 Å². The molecule has 0 saturated carbocycles. The molecule has 4 rings (SSSR count). The summed E-state index contributed by atoms with van der Waals surface area (Å²) in [7, 11) is -3.79. The van der Waals surface area contributed by atoms with Gasteiger partial charge in [-0.05, 0) is 35.9 Å². The second-order valence-corrected chi connectivity index (χ2v) is 9.69. The van der Waals surface area contributed by atoms with Crippen LogP contribution in [0.3, 0.4) is 0 Å². The highest BCUT2D eigenvalue weighted by atomic mass is 32.2. The molecular formula is C23H18F3N5O3S. The Hall–Kier alpha value is -4.06. The highest BCUT2D eigenvalue weighted by molar-refractivity contribution is 7.90. The van der Waals surface area contributed by atoms with Crippen molar-refractivity contribution in [1.29, 1.82) is 0 Å². The molecule has 0 unspecified atom stereocenters. The molecule has 0 spiro atoms. The van der Waals surface area contributed by atoms with Crippen molar-refractivity contribution >= 4 is 38.3 Å². The van der Waals surface area contributed by atoms with E-state index in [0.29, 0.717) is 28.9 Å². The highest BCUT2D eigenvalue weighted by Gasteiger charge is 2.32. The molecule has 0 aliphatic rings. The Bertz CT molecular complexity index is 1540. The first-order valence-corrected chi connectivity index (χ1v) is 12.0. The zero-order valence-electron chi connectivity index (χ0n) is 18.2. The molecule has 35 heavy (non-hydrogen) atoms. The fraction of sp³-hybridized carbons (Fsp3) is 0.130. The van der Waals surface area contributed by atoms with Crippen LogP contribution in [0.2, 0.25) is 0 Å². The minimum atomic E-state index is -4.71. The lowest BCUT2D eigenvalue weighted by atomic mass is 10.1. The number of hydrogen-bond acceptors (Lipinski definition) is 7. The van der Waals surface area contributed by atoms with Crippen molar-refractivity contribution < 1.29 is 26.4 Å². The second-order valence-electron chi connectivity index (χ2n) is 7.71. The Balaban J connectivity index is 1.85. The SMILES string of the molecule is CS(=O)(=O)c1ccccc1N(Cc1ccc2ncc(N)nc2c1)C(=O)c1cncc(C(F)(F)F)c1. The third-order valence-electron chi connectivity index (χ3n) is 5.08. The summed E-state index contributed by atoms with van der Waals surface area (Å²) in [6, 6.07) is 11.3. The van der Waals surface area contributed by atoms with Crippen molar-refractivity contribution in [3.8, 4) is 0 Å². The molecular weight excluding hydrogens is 483 g/mol. The second kappa shape index (κ2) is 8.95. The van der Waals surface area contributed by atoms with E-state index in [1.54, 1.807) is 18.2 Å². The maximum absolute atomic E-state index is 13.5. The molecule has 12 heteroatoms. The molecule has 0 fully saturated rings. The molecule has 0 aliphatic carbocycles. The number of nitrogens with two attached hydrogens (primary N) is 1. The Morgan fingerprint density at radius 1 is 1.03 bits per heavy atom. The van der Waals surface area contributed by atoms with E-state index in [1.165, 1.54) is 30.5 Å². The molecule has 0 saturated heterocycles. The van der Waals surface area contributed by atoms with Gasteiger partial charge in [-0.15, -0.1) is 0 Å². The summed E-state index contributed by atoms with van der Waals surface area (Å²) < 4.78 is 64.6. The van der Waals surface area contributed by atoms with E-state index >= 15 is 0 Å². The molecule has 0 atom stereocenters. The average molecular weight is 501 g/mol. The van der Waals surface area contributed by atoms with E-state index in [4.69, 9.17) is 5.73 Å². The van der Waals surface area contributed by atoms with E-state index in [1.807, 2.05) is 0 Å². The first-order valence-electron chi connectivity index (χ1n) is 10.1. The molecule has 0 radical (unpaired) electrons. The monoisotopic (exact) mass is 501 g/mol. The van der Waals surface area contributed by atoms with Crippen LogP contribution in [0.15, 0.2) is 72.0 Å². The third-order valence-corrected chi connectivity index (χ3v) is 6.22. The number of sulfone groups is 1. The van der Waals surface area contributed by atoms with Crippen LogP contribution in [0.4, 0.5) is 24.7 Å². The molecule has 4 aromatic rings. The van der Waals surface area contributed by atoms with Crippen molar-refractivity contribution in [3.63, 3.8) is 0 Å². The number of fused-ring (bicyclic) bond motifs is 1. The standard InChI is InChI=1S/C23H18F3N5O3S/c1-35(33,34)20-5-3-2-4-19(20)31(22(32)15-9-16(11-28-10-15)23(24,25)26)13-14-6-7-17-18(8-14)30-21(27)12-29-17/h2-12H,13H2,1H3,(H2,27,30). The molecule has 0 bridgehead atoms. The maximum Gasteiger partial charge on any atom is 0.417 e. The Morgan fingerprint density at radius 3 is 2.49 bits per heavy atom. The van der Waals surface area contributed by atoms with Gasteiger partial charge in [-0.2, -0.15) is 13.2 Å². The first-order chi connectivity index (χ1) is 16.4. The molecule has 8 nitrogen and oxygen atoms in total. The molecule has 180 valence electrons. The molecule has 2 aromatic carbocycles. The number of rotatable bonds is 5. The van der Waals surface area contributed by atoms with Crippen molar-refractivity contribution in [2.75, 3.05) is 16.9 Å². The quantitative estimate of drug-likeness (QED) is 0.441. The normalized spacial score (nSPS) is 12.0. The number of benzene rings is 2. The van der Waals surface area contributed by atoms with E-state index in [-0.39, 0.29) is 28.5 Å². The van der Waals surface area contributed by atoms with Crippen molar-refractivity contribution in [3.05, 3.63) is 83.8 Å². The number of halogens is 3. The van der Waals surface area contributed by atoms with Crippen LogP contribution in [0, 0.1) is 0 Å². The number of amides is 1. The number of anilines is 2. The smallest absolute Gasteiger partial charge is 0.382 e. The van der Waals surface area contributed by atoms with Crippen LogP contribution in [0.5, 0.6) is 0 Å². The van der Waals surface area contributed by atoms with Gasteiger partial charge in [-0.1, -0.05) is 18.2 Å². The summed E-state index contributed by atoms with van der Waals surface area (Å²) in [6.45, 7) is -0.173. The topological polar surface area (TPSA) is 119 Å². The van der Waals surface area contributed by atoms with Crippen molar-refractivity contribution in [2.45, 2.75) is 17.6 Å². The van der Waals surface area contributed by atoms with Crippen LogP contribution in [-0.2, 0) is 22.6 Å². The van der Waals surface area contributed by atoms with Gasteiger partial charge in [0.05, 0.1) is 45.5 Å². The minimum Gasteiger partial charge on any atom is -0.382 e. The molecule has 2 N–H and O–H groups in total. The zero-order valence-corrected chi connectivity index (χ0v) is 19.0. The lowest BCUT2D eigenvalue weighted by molar-refractivity contribution is -0.137. The van der Waals surface area contributed by atoms with E-state index in [9.17, 15) is 26.4 Å². The van der Waals surface area contributed by atoms with Crippen LogP contribution >= 0.6 is 0 Å². The van der Waals surface area contributed by atoms with Gasteiger partial charge < -0.3 is 10.6 Å². The van der Waals surface area contributed by atoms with Crippen LogP contribution in [-0.4, -0.2) is 35.5 Å². The average Bonchev–Trinajstić information content (AvgIpc) is 2.81. The minimum absolute atomic E-state index is 0.0103. The van der Waals surface area contributed by atoms with Gasteiger partial charge in [-0.3, -0.25) is 14.8 Å². The van der Waals surface area contributed by atoms with Gasteiger partial charge >= 0.3 is 6.18 Å². The number of pyridine rings is 1. The summed E-state index contributed by atoms with van der Waals surface area (Å²) in [4.78, 5) is 26.4. The van der Waals surface area contributed by atoms with Gasteiger partial charge in [0, 0.05) is 18.6 Å². The van der Waals surface area contributed by atoms with E-state index in [2.05, 4.69) is 15.0 Å². The summed E-state index contributed by atoms with van der Waals surface area (Å²) in [5, 5.41) is 0. The van der Waals surface area contributed by atoms with Gasteiger partial charge in [0.2, 0.25) is 0 Å². The molecule has 2 heterocycles. The van der Waals surface area contributed by atoms with Crippen LogP contribution < -0.4 is 10.6 Å².